The summed E-state index contributed by atoms with van der Waals surface area (Å²) in [5.41, 5.74) is 0.406. The lowest BCUT2D eigenvalue weighted by Gasteiger charge is -2.02. The number of methoxy groups -OCH3 is 1. The van der Waals surface area contributed by atoms with Gasteiger partial charge >= 0.3 is 0 Å². The van der Waals surface area contributed by atoms with Crippen LogP contribution in [0.3, 0.4) is 0 Å². The third-order valence-corrected chi connectivity index (χ3v) is 3.75. The molecule has 3 aromatic rings. The fourth-order valence-corrected chi connectivity index (χ4v) is 2.36. The molecule has 1 heterocycles. The predicted octanol–water partition coefficient (Wildman–Crippen LogP) is 3.65. The van der Waals surface area contributed by atoms with E-state index in [0.717, 1.165) is 18.2 Å². The maximum Gasteiger partial charge on any atom is 0.192 e. The van der Waals surface area contributed by atoms with Gasteiger partial charge in [-0.3, -0.25) is 9.59 Å². The van der Waals surface area contributed by atoms with Gasteiger partial charge in [-0.25, -0.2) is 4.39 Å². The normalized spacial score (nSPS) is 10.5. The van der Waals surface area contributed by atoms with E-state index in [1.54, 1.807) is 31.4 Å². The minimum atomic E-state index is -0.707. The molecule has 0 fully saturated rings. The summed E-state index contributed by atoms with van der Waals surface area (Å²) in [6, 6.07) is 11.3. The molecular formula is C19H14FNO5. The van der Waals surface area contributed by atoms with E-state index in [4.69, 9.17) is 9.26 Å². The van der Waals surface area contributed by atoms with Crippen molar-refractivity contribution in [3.8, 4) is 22.8 Å². The molecular weight excluding hydrogens is 341 g/mol. The highest BCUT2D eigenvalue weighted by Crippen LogP contribution is 2.24. The van der Waals surface area contributed by atoms with E-state index < -0.39 is 23.8 Å². The van der Waals surface area contributed by atoms with E-state index >= 15 is 0 Å². The molecule has 0 aliphatic carbocycles. The molecule has 7 heteroatoms. The molecule has 0 bridgehead atoms. The van der Waals surface area contributed by atoms with Crippen LogP contribution in [0.2, 0.25) is 0 Å². The molecule has 0 atom stereocenters. The molecule has 0 amide bonds. The molecule has 0 aliphatic rings. The standard InChI is InChI=1S/C19H14FNO5/c1-25-13-5-2-11(3-6-13)19-9-15(21-26-19)18(24)10-17(23)14-8-12(20)4-7-16(14)22/h2-9,22H,10H2,1H3. The molecule has 6 nitrogen and oxygen atoms in total. The molecule has 0 spiro atoms. The summed E-state index contributed by atoms with van der Waals surface area (Å²) in [5, 5.41) is 13.3. The third-order valence-electron chi connectivity index (χ3n) is 3.75. The van der Waals surface area contributed by atoms with Crippen LogP contribution in [-0.4, -0.2) is 28.9 Å². The van der Waals surface area contributed by atoms with Crippen LogP contribution in [0.25, 0.3) is 11.3 Å². The average Bonchev–Trinajstić information content (AvgIpc) is 3.14. The molecule has 132 valence electrons. The fourth-order valence-electron chi connectivity index (χ4n) is 2.36. The average molecular weight is 355 g/mol. The molecule has 0 aliphatic heterocycles. The number of benzene rings is 2. The highest BCUT2D eigenvalue weighted by Gasteiger charge is 2.20. The van der Waals surface area contributed by atoms with Crippen molar-refractivity contribution < 1.29 is 28.3 Å². The van der Waals surface area contributed by atoms with Crippen LogP contribution in [0.15, 0.2) is 53.1 Å². The second-order valence-electron chi connectivity index (χ2n) is 5.49. The Kier molecular flexibility index (Phi) is 4.79. The second kappa shape index (κ2) is 7.18. The maximum absolute atomic E-state index is 13.2. The van der Waals surface area contributed by atoms with Crippen LogP contribution in [-0.2, 0) is 0 Å². The van der Waals surface area contributed by atoms with E-state index in [9.17, 15) is 19.1 Å². The summed E-state index contributed by atoms with van der Waals surface area (Å²) in [7, 11) is 1.55. The lowest BCUT2D eigenvalue weighted by Crippen LogP contribution is -2.09. The molecule has 1 aromatic heterocycles. The molecule has 26 heavy (non-hydrogen) atoms. The topological polar surface area (TPSA) is 89.6 Å². The van der Waals surface area contributed by atoms with Gasteiger partial charge in [0.05, 0.1) is 19.1 Å². The van der Waals surface area contributed by atoms with Gasteiger partial charge in [-0.2, -0.15) is 0 Å². The van der Waals surface area contributed by atoms with Crippen molar-refractivity contribution in [2.75, 3.05) is 7.11 Å². The Hall–Kier alpha value is -3.48. The van der Waals surface area contributed by atoms with Gasteiger partial charge < -0.3 is 14.4 Å². The number of carbonyl (C=O) groups excluding carboxylic acids is 2. The van der Waals surface area contributed by atoms with Gasteiger partial charge in [0.1, 0.15) is 17.3 Å². The number of phenols is 1. The van der Waals surface area contributed by atoms with E-state index in [0.29, 0.717) is 17.1 Å². The monoisotopic (exact) mass is 355 g/mol. The van der Waals surface area contributed by atoms with Crippen molar-refractivity contribution in [3.05, 3.63) is 65.6 Å². The first-order valence-electron chi connectivity index (χ1n) is 7.64. The molecule has 0 radical (unpaired) electrons. The van der Waals surface area contributed by atoms with Crippen LogP contribution in [0.1, 0.15) is 27.3 Å². The van der Waals surface area contributed by atoms with E-state index in [1.165, 1.54) is 6.07 Å². The largest absolute Gasteiger partial charge is 0.507 e. The van der Waals surface area contributed by atoms with Crippen LogP contribution < -0.4 is 4.74 Å². The molecule has 1 N–H and O–H groups in total. The van der Waals surface area contributed by atoms with Crippen LogP contribution >= 0.6 is 0 Å². The number of hydrogen-bond donors (Lipinski definition) is 1. The summed E-state index contributed by atoms with van der Waals surface area (Å²) in [4.78, 5) is 24.4. The number of hydrogen-bond acceptors (Lipinski definition) is 6. The van der Waals surface area contributed by atoms with Crippen LogP contribution in [0, 0.1) is 5.82 Å². The van der Waals surface area contributed by atoms with Crippen molar-refractivity contribution in [2.45, 2.75) is 6.42 Å². The van der Waals surface area contributed by atoms with Gasteiger partial charge in [-0.15, -0.1) is 0 Å². The number of halogens is 1. The first-order chi connectivity index (χ1) is 12.5. The smallest absolute Gasteiger partial charge is 0.192 e. The van der Waals surface area contributed by atoms with E-state index in [2.05, 4.69) is 5.16 Å². The van der Waals surface area contributed by atoms with E-state index in [1.807, 2.05) is 0 Å². The summed E-state index contributed by atoms with van der Waals surface area (Å²) in [6.45, 7) is 0. The lowest BCUT2D eigenvalue weighted by atomic mass is 10.0. The number of phenolic OH excluding ortho intramolecular Hbond substituents is 1. The van der Waals surface area contributed by atoms with Crippen molar-refractivity contribution >= 4 is 11.6 Å². The van der Waals surface area contributed by atoms with Gasteiger partial charge in [0.2, 0.25) is 0 Å². The summed E-state index contributed by atoms with van der Waals surface area (Å²) < 4.78 is 23.4. The Morgan fingerprint density at radius 3 is 2.54 bits per heavy atom. The number of Topliss-reactive ketones (excluding diaryl/α,β-unsaturated/α-hetero) is 2. The number of rotatable bonds is 6. The minimum Gasteiger partial charge on any atom is -0.507 e. The van der Waals surface area contributed by atoms with Crippen molar-refractivity contribution in [1.29, 1.82) is 0 Å². The first kappa shape index (κ1) is 17.3. The van der Waals surface area contributed by atoms with Gasteiger partial charge in [0.15, 0.2) is 23.0 Å². The first-order valence-corrected chi connectivity index (χ1v) is 7.64. The summed E-state index contributed by atoms with van der Waals surface area (Å²) >= 11 is 0. The van der Waals surface area contributed by atoms with E-state index in [-0.39, 0.29) is 17.0 Å². The fraction of sp³-hybridized carbons (Fsp3) is 0.105. The molecule has 2 aromatic carbocycles. The Bertz CT molecular complexity index is 962. The SMILES string of the molecule is COc1ccc(-c2cc(C(=O)CC(=O)c3cc(F)ccc3O)no2)cc1. The van der Waals surface area contributed by atoms with Crippen LogP contribution in [0.4, 0.5) is 4.39 Å². The number of ether oxygens (including phenoxy) is 1. The Morgan fingerprint density at radius 2 is 1.85 bits per heavy atom. The highest BCUT2D eigenvalue weighted by molar-refractivity contribution is 6.13. The summed E-state index contributed by atoms with van der Waals surface area (Å²) in [5.74, 6) is -1.34. The number of aromatic hydroxyl groups is 1. The molecule has 0 saturated heterocycles. The van der Waals surface area contributed by atoms with Crippen molar-refractivity contribution in [3.63, 3.8) is 0 Å². The number of ketones is 2. The molecule has 3 rings (SSSR count). The zero-order chi connectivity index (χ0) is 18.7. The zero-order valence-corrected chi connectivity index (χ0v) is 13.7. The zero-order valence-electron chi connectivity index (χ0n) is 13.7. The second-order valence-corrected chi connectivity index (χ2v) is 5.49. The minimum absolute atomic E-state index is 0.0277. The number of carbonyl (C=O) groups is 2. The molecule has 0 unspecified atom stereocenters. The van der Waals surface area contributed by atoms with Crippen molar-refractivity contribution in [1.82, 2.24) is 5.16 Å². The van der Waals surface area contributed by atoms with Crippen molar-refractivity contribution in [2.24, 2.45) is 0 Å². The Balaban J connectivity index is 1.75. The van der Waals surface area contributed by atoms with Gasteiger partial charge in [0.25, 0.3) is 0 Å². The highest BCUT2D eigenvalue weighted by atomic mass is 19.1. The lowest BCUT2D eigenvalue weighted by molar-refractivity contribution is 0.0888. The summed E-state index contributed by atoms with van der Waals surface area (Å²) in [6.07, 6.45) is -0.564. The Labute approximate surface area is 147 Å². The van der Waals surface area contributed by atoms with Crippen LogP contribution in [0.5, 0.6) is 11.5 Å². The molecule has 0 saturated carbocycles. The van der Waals surface area contributed by atoms with Gasteiger partial charge in [0, 0.05) is 11.6 Å². The number of nitrogens with zero attached hydrogens (tertiary/aromatic N) is 1. The Morgan fingerprint density at radius 1 is 1.12 bits per heavy atom. The maximum atomic E-state index is 13.2. The van der Waals surface area contributed by atoms with Gasteiger partial charge in [-0.1, -0.05) is 5.16 Å². The predicted molar refractivity (Wildman–Crippen MR) is 89.8 cm³/mol. The third kappa shape index (κ3) is 3.61. The quantitative estimate of drug-likeness (QED) is 0.536. The number of aromatic nitrogens is 1. The van der Waals surface area contributed by atoms with Gasteiger partial charge in [-0.05, 0) is 42.5 Å².